The van der Waals surface area contributed by atoms with E-state index in [0.29, 0.717) is 12.5 Å². The Kier molecular flexibility index (Phi) is 3.27. The Morgan fingerprint density at radius 2 is 2.22 bits per heavy atom. The maximum absolute atomic E-state index is 5.99. The first-order chi connectivity index (χ1) is 8.79. The molecule has 0 radical (unpaired) electrons. The Balaban J connectivity index is 1.92. The van der Waals surface area contributed by atoms with Crippen LogP contribution in [0.5, 0.6) is 0 Å². The van der Waals surface area contributed by atoms with Crippen molar-refractivity contribution < 1.29 is 4.74 Å². The smallest absolute Gasteiger partial charge is 0.234 e. The van der Waals surface area contributed by atoms with E-state index in [9.17, 15) is 0 Å². The second-order valence-electron chi connectivity index (χ2n) is 4.74. The van der Waals surface area contributed by atoms with Crippen LogP contribution in [0.3, 0.4) is 0 Å². The molecule has 0 spiro atoms. The van der Waals surface area contributed by atoms with Crippen molar-refractivity contribution in [1.82, 2.24) is 19.8 Å². The molecule has 1 atom stereocenters. The first-order valence-corrected chi connectivity index (χ1v) is 7.08. The van der Waals surface area contributed by atoms with Crippen LogP contribution in [0.15, 0.2) is 0 Å². The minimum absolute atomic E-state index is 0.182. The van der Waals surface area contributed by atoms with Crippen LogP contribution in [-0.4, -0.2) is 33.5 Å². The van der Waals surface area contributed by atoms with Gasteiger partial charge in [-0.2, -0.15) is 9.61 Å². The van der Waals surface area contributed by atoms with Gasteiger partial charge in [0.25, 0.3) is 0 Å². The fourth-order valence-electron chi connectivity index (χ4n) is 2.49. The molecule has 1 saturated carbocycles. The Morgan fingerprint density at radius 1 is 1.44 bits per heavy atom. The number of rotatable bonds is 4. The summed E-state index contributed by atoms with van der Waals surface area (Å²) in [6.07, 6.45) is 4.94. The van der Waals surface area contributed by atoms with Gasteiger partial charge in [-0.3, -0.25) is 0 Å². The topological polar surface area (TPSA) is 78.3 Å². The molecule has 6 nitrogen and oxygen atoms in total. The monoisotopic (exact) mass is 267 g/mol. The largest absolute Gasteiger partial charge is 0.383 e. The molecule has 2 aromatic rings. The van der Waals surface area contributed by atoms with Gasteiger partial charge >= 0.3 is 0 Å². The molecule has 7 heteroatoms. The van der Waals surface area contributed by atoms with Crippen molar-refractivity contribution in [2.45, 2.75) is 37.6 Å². The molecule has 98 valence electrons. The lowest BCUT2D eigenvalue weighted by molar-refractivity contribution is 0.180. The van der Waals surface area contributed by atoms with Crippen molar-refractivity contribution in [3.05, 3.63) is 10.8 Å². The molecule has 2 aromatic heterocycles. The summed E-state index contributed by atoms with van der Waals surface area (Å²) in [6, 6.07) is -0.182. The minimum Gasteiger partial charge on any atom is -0.383 e. The number of ether oxygens (including phenoxy) is 1. The second-order valence-corrected chi connectivity index (χ2v) is 5.72. The summed E-state index contributed by atoms with van der Waals surface area (Å²) in [6.45, 7) is 0.475. The highest BCUT2D eigenvalue weighted by Gasteiger charge is 2.24. The van der Waals surface area contributed by atoms with E-state index in [1.165, 1.54) is 37.0 Å². The lowest BCUT2D eigenvalue weighted by atomic mass is 10.1. The Labute approximate surface area is 109 Å². The van der Waals surface area contributed by atoms with Crippen molar-refractivity contribution in [1.29, 1.82) is 0 Å². The number of hydrogen-bond donors (Lipinski definition) is 1. The highest BCUT2D eigenvalue weighted by molar-refractivity contribution is 7.16. The molecular formula is C11H17N5OS. The average Bonchev–Trinajstić information content (AvgIpc) is 3.04. The molecule has 2 N–H and O–H groups in total. The van der Waals surface area contributed by atoms with E-state index >= 15 is 0 Å². The van der Waals surface area contributed by atoms with Gasteiger partial charge in [-0.05, 0) is 12.8 Å². The first-order valence-electron chi connectivity index (χ1n) is 6.26. The van der Waals surface area contributed by atoms with Gasteiger partial charge in [0.05, 0.1) is 12.6 Å². The molecule has 0 amide bonds. The first kappa shape index (κ1) is 12.0. The zero-order valence-electron chi connectivity index (χ0n) is 10.4. The summed E-state index contributed by atoms with van der Waals surface area (Å²) < 4.78 is 6.92. The SMILES string of the molecule is COCC(N)c1nn2c(C3CCCC3)nnc2s1. The predicted octanol–water partition coefficient (Wildman–Crippen LogP) is 1.49. The van der Waals surface area contributed by atoms with Gasteiger partial charge in [-0.15, -0.1) is 10.2 Å². The van der Waals surface area contributed by atoms with Crippen LogP contribution < -0.4 is 5.73 Å². The van der Waals surface area contributed by atoms with Gasteiger partial charge in [0, 0.05) is 13.0 Å². The maximum atomic E-state index is 5.99. The summed E-state index contributed by atoms with van der Waals surface area (Å²) >= 11 is 1.50. The van der Waals surface area contributed by atoms with E-state index in [1.807, 2.05) is 4.52 Å². The number of methoxy groups -OCH3 is 1. The molecule has 0 bridgehead atoms. The molecule has 1 fully saturated rings. The summed E-state index contributed by atoms with van der Waals surface area (Å²) in [5, 5.41) is 13.9. The lowest BCUT2D eigenvalue weighted by Gasteiger charge is -2.06. The Bertz CT molecular complexity index is 531. The Morgan fingerprint density at radius 3 is 2.94 bits per heavy atom. The third-order valence-corrected chi connectivity index (χ3v) is 4.45. The van der Waals surface area contributed by atoms with Crippen LogP contribution in [0.25, 0.3) is 4.96 Å². The molecule has 18 heavy (non-hydrogen) atoms. The summed E-state index contributed by atoms with van der Waals surface area (Å²) in [7, 11) is 1.64. The van der Waals surface area contributed by atoms with Crippen molar-refractivity contribution >= 4 is 16.3 Å². The number of nitrogens with two attached hydrogens (primary N) is 1. The van der Waals surface area contributed by atoms with Crippen LogP contribution in [0.1, 0.15) is 48.5 Å². The van der Waals surface area contributed by atoms with Crippen LogP contribution >= 0.6 is 11.3 Å². The van der Waals surface area contributed by atoms with Gasteiger partial charge in [0.15, 0.2) is 5.82 Å². The summed E-state index contributed by atoms with van der Waals surface area (Å²) in [5.41, 5.74) is 5.99. The highest BCUT2D eigenvalue weighted by Crippen LogP contribution is 2.33. The van der Waals surface area contributed by atoms with E-state index in [0.717, 1.165) is 15.8 Å². The van der Waals surface area contributed by atoms with Gasteiger partial charge in [-0.1, -0.05) is 24.2 Å². The zero-order valence-corrected chi connectivity index (χ0v) is 11.2. The molecule has 0 aromatic carbocycles. The lowest BCUT2D eigenvalue weighted by Crippen LogP contribution is -2.16. The average molecular weight is 267 g/mol. The van der Waals surface area contributed by atoms with Crippen molar-refractivity contribution in [2.24, 2.45) is 5.73 Å². The van der Waals surface area contributed by atoms with Crippen molar-refractivity contribution in [3.8, 4) is 0 Å². The number of hydrogen-bond acceptors (Lipinski definition) is 6. The summed E-state index contributed by atoms with van der Waals surface area (Å²) in [4.78, 5) is 0.832. The molecule has 2 heterocycles. The van der Waals surface area contributed by atoms with Crippen LogP contribution in [-0.2, 0) is 4.74 Å². The van der Waals surface area contributed by atoms with Gasteiger partial charge in [0.1, 0.15) is 5.01 Å². The third kappa shape index (κ3) is 2.02. The Hall–Kier alpha value is -1.05. The number of nitrogens with zero attached hydrogens (tertiary/aromatic N) is 4. The molecule has 0 aliphatic heterocycles. The van der Waals surface area contributed by atoms with Gasteiger partial charge < -0.3 is 10.5 Å². The maximum Gasteiger partial charge on any atom is 0.234 e. The van der Waals surface area contributed by atoms with Crippen molar-refractivity contribution in [3.63, 3.8) is 0 Å². The quantitative estimate of drug-likeness (QED) is 0.908. The minimum atomic E-state index is -0.182. The fourth-order valence-corrected chi connectivity index (χ4v) is 3.32. The number of aromatic nitrogens is 4. The zero-order chi connectivity index (χ0) is 12.5. The fraction of sp³-hybridized carbons (Fsp3) is 0.727. The van der Waals surface area contributed by atoms with E-state index in [2.05, 4.69) is 15.3 Å². The van der Waals surface area contributed by atoms with Gasteiger partial charge in [-0.25, -0.2) is 0 Å². The molecule has 1 unspecified atom stereocenters. The molecule has 1 aliphatic rings. The molecular weight excluding hydrogens is 250 g/mol. The highest BCUT2D eigenvalue weighted by atomic mass is 32.1. The second kappa shape index (κ2) is 4.91. The summed E-state index contributed by atoms with van der Waals surface area (Å²) in [5.74, 6) is 1.50. The molecule has 0 saturated heterocycles. The number of fused-ring (bicyclic) bond motifs is 1. The van der Waals surface area contributed by atoms with E-state index in [4.69, 9.17) is 10.5 Å². The van der Waals surface area contributed by atoms with Crippen LogP contribution in [0.4, 0.5) is 0 Å². The van der Waals surface area contributed by atoms with E-state index in [-0.39, 0.29) is 6.04 Å². The predicted molar refractivity (Wildman–Crippen MR) is 68.7 cm³/mol. The van der Waals surface area contributed by atoms with Crippen LogP contribution in [0, 0.1) is 0 Å². The molecule has 3 rings (SSSR count). The van der Waals surface area contributed by atoms with E-state index < -0.39 is 0 Å². The van der Waals surface area contributed by atoms with E-state index in [1.54, 1.807) is 7.11 Å². The molecule has 1 aliphatic carbocycles. The van der Waals surface area contributed by atoms with Crippen molar-refractivity contribution in [2.75, 3.05) is 13.7 Å². The van der Waals surface area contributed by atoms with Crippen LogP contribution in [0.2, 0.25) is 0 Å². The normalized spacial score (nSPS) is 18.8. The van der Waals surface area contributed by atoms with Gasteiger partial charge in [0.2, 0.25) is 4.96 Å². The third-order valence-electron chi connectivity index (χ3n) is 3.41. The standard InChI is InChI=1S/C11H17N5OS/c1-17-6-8(12)10-15-16-9(7-4-2-3-5-7)13-14-11(16)18-10/h7-8H,2-6,12H2,1H3.